The summed E-state index contributed by atoms with van der Waals surface area (Å²) in [6, 6.07) is 4.26. The lowest BCUT2D eigenvalue weighted by atomic mass is 10.1. The molecule has 0 saturated carbocycles. The number of nitrogens with one attached hydrogen (secondary N) is 4. The van der Waals surface area contributed by atoms with E-state index in [9.17, 15) is 14.4 Å². The van der Waals surface area contributed by atoms with Crippen LogP contribution in [0.2, 0.25) is 0 Å². The second kappa shape index (κ2) is 8.77. The first-order valence-electron chi connectivity index (χ1n) is 7.57. The Bertz CT molecular complexity index is 587. The first-order chi connectivity index (χ1) is 10.9. The van der Waals surface area contributed by atoms with Crippen LogP contribution >= 0.6 is 0 Å². The highest BCUT2D eigenvalue weighted by molar-refractivity contribution is 5.98. The SMILES string of the molecule is CCCC(=O)Nc1cccc(NC(C)C(=O)NC(=O)NC)c1C. The Hall–Kier alpha value is -2.57. The molecule has 0 radical (unpaired) electrons. The molecule has 1 unspecified atom stereocenters. The number of hydrogen-bond acceptors (Lipinski definition) is 4. The van der Waals surface area contributed by atoms with E-state index in [1.807, 2.05) is 26.0 Å². The van der Waals surface area contributed by atoms with E-state index in [0.29, 0.717) is 12.1 Å². The highest BCUT2D eigenvalue weighted by atomic mass is 16.2. The van der Waals surface area contributed by atoms with E-state index in [1.54, 1.807) is 13.0 Å². The monoisotopic (exact) mass is 320 g/mol. The number of carbonyl (C=O) groups excluding carboxylic acids is 3. The van der Waals surface area contributed by atoms with Crippen LogP contribution in [0.3, 0.4) is 0 Å². The van der Waals surface area contributed by atoms with Gasteiger partial charge in [0.2, 0.25) is 11.8 Å². The molecule has 1 aromatic rings. The lowest BCUT2D eigenvalue weighted by Gasteiger charge is -2.18. The van der Waals surface area contributed by atoms with Crippen molar-refractivity contribution in [2.45, 2.75) is 39.7 Å². The van der Waals surface area contributed by atoms with Crippen LogP contribution in [0, 0.1) is 6.92 Å². The third-order valence-corrected chi connectivity index (χ3v) is 3.31. The molecular weight excluding hydrogens is 296 g/mol. The van der Waals surface area contributed by atoms with Crippen molar-refractivity contribution in [1.82, 2.24) is 10.6 Å². The first-order valence-corrected chi connectivity index (χ1v) is 7.57. The molecule has 4 amide bonds. The maximum Gasteiger partial charge on any atom is 0.321 e. The van der Waals surface area contributed by atoms with Gasteiger partial charge in [0.25, 0.3) is 0 Å². The summed E-state index contributed by atoms with van der Waals surface area (Å²) in [6.07, 6.45) is 1.24. The minimum Gasteiger partial charge on any atom is -0.374 e. The number of anilines is 2. The van der Waals surface area contributed by atoms with Crippen molar-refractivity contribution in [3.05, 3.63) is 23.8 Å². The molecule has 1 atom stereocenters. The van der Waals surface area contributed by atoms with Gasteiger partial charge < -0.3 is 16.0 Å². The number of carbonyl (C=O) groups is 3. The summed E-state index contributed by atoms with van der Waals surface area (Å²) < 4.78 is 0. The van der Waals surface area contributed by atoms with Gasteiger partial charge in [0, 0.05) is 24.8 Å². The Morgan fingerprint density at radius 2 is 1.83 bits per heavy atom. The highest BCUT2D eigenvalue weighted by Gasteiger charge is 2.16. The van der Waals surface area contributed by atoms with E-state index in [4.69, 9.17) is 0 Å². The molecule has 0 saturated heterocycles. The van der Waals surface area contributed by atoms with Gasteiger partial charge in [0.05, 0.1) is 0 Å². The molecule has 0 aliphatic rings. The van der Waals surface area contributed by atoms with Crippen molar-refractivity contribution in [3.8, 4) is 0 Å². The fourth-order valence-electron chi connectivity index (χ4n) is 1.95. The van der Waals surface area contributed by atoms with E-state index in [2.05, 4.69) is 21.3 Å². The van der Waals surface area contributed by atoms with Crippen LogP contribution in [0.15, 0.2) is 18.2 Å². The van der Waals surface area contributed by atoms with Gasteiger partial charge in [-0.3, -0.25) is 14.9 Å². The molecule has 0 heterocycles. The summed E-state index contributed by atoms with van der Waals surface area (Å²) in [7, 11) is 1.44. The molecule has 0 aliphatic carbocycles. The largest absolute Gasteiger partial charge is 0.374 e. The van der Waals surface area contributed by atoms with E-state index >= 15 is 0 Å². The van der Waals surface area contributed by atoms with Crippen LogP contribution in [0.25, 0.3) is 0 Å². The number of hydrogen-bond donors (Lipinski definition) is 4. The van der Waals surface area contributed by atoms with Gasteiger partial charge in [0.15, 0.2) is 0 Å². The fourth-order valence-corrected chi connectivity index (χ4v) is 1.95. The predicted octanol–water partition coefficient (Wildman–Crippen LogP) is 1.99. The van der Waals surface area contributed by atoms with Crippen molar-refractivity contribution < 1.29 is 14.4 Å². The molecule has 23 heavy (non-hydrogen) atoms. The second-order valence-electron chi connectivity index (χ2n) is 5.21. The van der Waals surface area contributed by atoms with Gasteiger partial charge in [0.1, 0.15) is 6.04 Å². The smallest absolute Gasteiger partial charge is 0.321 e. The van der Waals surface area contributed by atoms with Crippen molar-refractivity contribution in [2.75, 3.05) is 17.7 Å². The second-order valence-corrected chi connectivity index (χ2v) is 5.21. The van der Waals surface area contributed by atoms with Crippen LogP contribution in [0.5, 0.6) is 0 Å². The number of amides is 4. The van der Waals surface area contributed by atoms with Crippen LogP contribution in [-0.2, 0) is 9.59 Å². The third kappa shape index (κ3) is 5.61. The van der Waals surface area contributed by atoms with Crippen molar-refractivity contribution in [1.29, 1.82) is 0 Å². The normalized spacial score (nSPS) is 11.3. The van der Waals surface area contributed by atoms with Crippen molar-refractivity contribution in [3.63, 3.8) is 0 Å². The minimum atomic E-state index is -0.604. The molecule has 4 N–H and O–H groups in total. The molecule has 0 bridgehead atoms. The van der Waals surface area contributed by atoms with Gasteiger partial charge in [-0.05, 0) is 38.0 Å². The molecule has 0 aliphatic heterocycles. The Labute approximate surface area is 136 Å². The molecule has 1 aromatic carbocycles. The van der Waals surface area contributed by atoms with Crippen LogP contribution < -0.4 is 21.3 Å². The molecular formula is C16H24N4O3. The number of imide groups is 1. The number of benzene rings is 1. The molecule has 0 aromatic heterocycles. The molecule has 0 spiro atoms. The van der Waals surface area contributed by atoms with Crippen LogP contribution in [-0.4, -0.2) is 30.9 Å². The van der Waals surface area contributed by atoms with E-state index in [-0.39, 0.29) is 5.91 Å². The van der Waals surface area contributed by atoms with Gasteiger partial charge in [-0.2, -0.15) is 0 Å². The molecule has 7 nitrogen and oxygen atoms in total. The number of rotatable bonds is 6. The van der Waals surface area contributed by atoms with Gasteiger partial charge in [-0.25, -0.2) is 4.79 Å². The first kappa shape index (κ1) is 18.5. The molecule has 126 valence electrons. The topological polar surface area (TPSA) is 99.3 Å². The standard InChI is InChI=1S/C16H24N4O3/c1-5-7-14(21)19-13-9-6-8-12(10(13)2)18-11(3)15(22)20-16(23)17-4/h6,8-9,11,18H,5,7H2,1-4H3,(H,19,21)(H2,17,20,22,23). The Kier molecular flexibility index (Phi) is 7.05. The van der Waals surface area contributed by atoms with E-state index in [1.165, 1.54) is 7.05 Å². The maximum absolute atomic E-state index is 11.9. The molecule has 1 rings (SSSR count). The van der Waals surface area contributed by atoms with Gasteiger partial charge in [-0.1, -0.05) is 13.0 Å². The highest BCUT2D eigenvalue weighted by Crippen LogP contribution is 2.24. The predicted molar refractivity (Wildman–Crippen MR) is 90.4 cm³/mol. The zero-order valence-electron chi connectivity index (χ0n) is 13.9. The molecule has 0 fully saturated rings. The van der Waals surface area contributed by atoms with Crippen molar-refractivity contribution >= 4 is 29.2 Å². The average Bonchev–Trinajstić information content (AvgIpc) is 2.51. The lowest BCUT2D eigenvalue weighted by molar-refractivity contribution is -0.120. The fraction of sp³-hybridized carbons (Fsp3) is 0.438. The number of urea groups is 1. The average molecular weight is 320 g/mol. The quantitative estimate of drug-likeness (QED) is 0.644. The molecule has 7 heteroatoms. The Morgan fingerprint density at radius 3 is 2.43 bits per heavy atom. The van der Waals surface area contributed by atoms with Gasteiger partial charge >= 0.3 is 6.03 Å². The zero-order valence-corrected chi connectivity index (χ0v) is 13.9. The third-order valence-electron chi connectivity index (χ3n) is 3.31. The van der Waals surface area contributed by atoms with Crippen LogP contribution in [0.1, 0.15) is 32.3 Å². The summed E-state index contributed by atoms with van der Waals surface area (Å²) in [5.74, 6) is -0.484. The Morgan fingerprint density at radius 1 is 1.17 bits per heavy atom. The van der Waals surface area contributed by atoms with Gasteiger partial charge in [-0.15, -0.1) is 0 Å². The summed E-state index contributed by atoms with van der Waals surface area (Å²) in [4.78, 5) is 34.8. The lowest BCUT2D eigenvalue weighted by Crippen LogP contribution is -2.44. The Balaban J connectivity index is 2.79. The van der Waals surface area contributed by atoms with Crippen molar-refractivity contribution in [2.24, 2.45) is 0 Å². The summed E-state index contributed by atoms with van der Waals surface area (Å²) in [5, 5.41) is 10.4. The summed E-state index contributed by atoms with van der Waals surface area (Å²) in [5.41, 5.74) is 2.25. The van der Waals surface area contributed by atoms with Crippen LogP contribution in [0.4, 0.5) is 16.2 Å². The van der Waals surface area contributed by atoms with E-state index < -0.39 is 18.0 Å². The zero-order chi connectivity index (χ0) is 17.4. The van der Waals surface area contributed by atoms with E-state index in [0.717, 1.165) is 17.7 Å². The minimum absolute atomic E-state index is 0.0434. The summed E-state index contributed by atoms with van der Waals surface area (Å²) >= 11 is 0. The maximum atomic E-state index is 11.9. The summed E-state index contributed by atoms with van der Waals surface area (Å²) in [6.45, 7) is 5.45.